The largest absolute Gasteiger partial charge is 0.352 e. The number of fused-ring (bicyclic) bond motifs is 1. The molecular formula is C26H31N3O3. The van der Waals surface area contributed by atoms with Gasteiger partial charge in [-0.15, -0.1) is 0 Å². The summed E-state index contributed by atoms with van der Waals surface area (Å²) in [7, 11) is 0. The minimum absolute atomic E-state index is 0.0879. The molecule has 2 heterocycles. The fourth-order valence-corrected chi connectivity index (χ4v) is 4.35. The Hall–Kier alpha value is -2.99. The monoisotopic (exact) mass is 433 g/mol. The molecule has 1 N–H and O–H groups in total. The first-order chi connectivity index (χ1) is 15.4. The van der Waals surface area contributed by atoms with Crippen molar-refractivity contribution in [3.05, 3.63) is 70.3 Å². The molecule has 4 rings (SSSR count). The molecule has 32 heavy (non-hydrogen) atoms. The maximum atomic E-state index is 12.5. The summed E-state index contributed by atoms with van der Waals surface area (Å²) in [6.45, 7) is 8.01. The molecule has 0 spiro atoms. The average Bonchev–Trinajstić information content (AvgIpc) is 3.02. The molecule has 6 heteroatoms. The first-order valence-electron chi connectivity index (χ1n) is 11.4. The van der Waals surface area contributed by atoms with Gasteiger partial charge in [-0.05, 0) is 62.0 Å². The highest BCUT2D eigenvalue weighted by molar-refractivity contribution is 6.21. The van der Waals surface area contributed by atoms with E-state index in [0.717, 1.165) is 36.7 Å². The molecule has 0 radical (unpaired) electrons. The Balaban J connectivity index is 1.22. The van der Waals surface area contributed by atoms with Gasteiger partial charge >= 0.3 is 0 Å². The molecule has 0 saturated carbocycles. The quantitative estimate of drug-likeness (QED) is 0.679. The van der Waals surface area contributed by atoms with Gasteiger partial charge in [0.05, 0.1) is 11.1 Å². The van der Waals surface area contributed by atoms with Crippen LogP contribution in [0.15, 0.2) is 42.5 Å². The van der Waals surface area contributed by atoms with Crippen molar-refractivity contribution >= 4 is 17.7 Å². The molecule has 2 aromatic carbocycles. The Morgan fingerprint density at radius 3 is 2.34 bits per heavy atom. The average molecular weight is 434 g/mol. The summed E-state index contributed by atoms with van der Waals surface area (Å²) < 4.78 is 0. The standard InChI is InChI=1S/C26H31N3O3/c1-18-9-12-28(13-10-18)17-21-6-4-20(5-7-21)16-27-24(30)11-14-29-25(31)22-8-3-19(2)15-23(22)26(29)32/h3-8,15,18H,9-14,16-17H2,1-2H3,(H,27,30). The van der Waals surface area contributed by atoms with E-state index >= 15 is 0 Å². The SMILES string of the molecule is Cc1ccc2c(c1)C(=O)N(CCC(=O)NCc1ccc(CN3CCC(C)CC3)cc1)C2=O. The Bertz CT molecular complexity index is 1010. The molecule has 3 amide bonds. The summed E-state index contributed by atoms with van der Waals surface area (Å²) in [6.07, 6.45) is 2.63. The van der Waals surface area contributed by atoms with Crippen LogP contribution in [0.3, 0.4) is 0 Å². The van der Waals surface area contributed by atoms with Crippen LogP contribution >= 0.6 is 0 Å². The van der Waals surface area contributed by atoms with Gasteiger partial charge in [0.15, 0.2) is 0 Å². The van der Waals surface area contributed by atoms with Gasteiger partial charge in [0.1, 0.15) is 0 Å². The van der Waals surface area contributed by atoms with Crippen LogP contribution in [0.4, 0.5) is 0 Å². The molecular weight excluding hydrogens is 402 g/mol. The molecule has 0 unspecified atom stereocenters. The van der Waals surface area contributed by atoms with Crippen LogP contribution in [-0.2, 0) is 17.9 Å². The normalized spacial score (nSPS) is 17.0. The van der Waals surface area contributed by atoms with Gasteiger partial charge in [-0.2, -0.15) is 0 Å². The van der Waals surface area contributed by atoms with Crippen LogP contribution in [0.5, 0.6) is 0 Å². The molecule has 0 aliphatic carbocycles. The molecule has 0 aromatic heterocycles. The van der Waals surface area contributed by atoms with Gasteiger partial charge in [-0.1, -0.05) is 42.8 Å². The third-order valence-corrected chi connectivity index (χ3v) is 6.48. The van der Waals surface area contributed by atoms with E-state index in [2.05, 4.69) is 41.4 Å². The van der Waals surface area contributed by atoms with Crippen LogP contribution in [-0.4, -0.2) is 47.2 Å². The van der Waals surface area contributed by atoms with E-state index in [9.17, 15) is 14.4 Å². The fraction of sp³-hybridized carbons (Fsp3) is 0.423. The molecule has 2 aromatic rings. The number of nitrogens with one attached hydrogen (secondary N) is 1. The minimum atomic E-state index is -0.323. The van der Waals surface area contributed by atoms with Crippen LogP contribution in [0, 0.1) is 12.8 Å². The first-order valence-corrected chi connectivity index (χ1v) is 11.4. The third-order valence-electron chi connectivity index (χ3n) is 6.48. The van der Waals surface area contributed by atoms with Crippen LogP contribution in [0.2, 0.25) is 0 Å². The number of rotatable bonds is 7. The van der Waals surface area contributed by atoms with Gasteiger partial charge in [0, 0.05) is 26.1 Å². The van der Waals surface area contributed by atoms with Gasteiger partial charge in [0.25, 0.3) is 11.8 Å². The summed E-state index contributed by atoms with van der Waals surface area (Å²) >= 11 is 0. The Labute approximate surface area is 189 Å². The number of likely N-dealkylation sites (tertiary alicyclic amines) is 1. The number of carbonyl (C=O) groups excluding carboxylic acids is 3. The zero-order valence-corrected chi connectivity index (χ0v) is 18.9. The number of piperidine rings is 1. The van der Waals surface area contributed by atoms with Crippen molar-refractivity contribution in [2.75, 3.05) is 19.6 Å². The Morgan fingerprint density at radius 2 is 1.62 bits per heavy atom. The number of benzene rings is 2. The summed E-state index contributed by atoms with van der Waals surface area (Å²) in [5.41, 5.74) is 4.09. The molecule has 1 fully saturated rings. The predicted molar refractivity (Wildman–Crippen MR) is 123 cm³/mol. The van der Waals surface area contributed by atoms with E-state index in [4.69, 9.17) is 0 Å². The molecule has 1 saturated heterocycles. The Morgan fingerprint density at radius 1 is 0.969 bits per heavy atom. The maximum absolute atomic E-state index is 12.5. The van der Waals surface area contributed by atoms with Crippen molar-refractivity contribution in [1.82, 2.24) is 15.1 Å². The van der Waals surface area contributed by atoms with E-state index in [1.807, 2.05) is 13.0 Å². The van der Waals surface area contributed by atoms with E-state index < -0.39 is 0 Å². The second kappa shape index (κ2) is 9.65. The van der Waals surface area contributed by atoms with Gasteiger partial charge in [0.2, 0.25) is 5.91 Å². The minimum Gasteiger partial charge on any atom is -0.352 e. The second-order valence-electron chi connectivity index (χ2n) is 9.11. The van der Waals surface area contributed by atoms with Crippen molar-refractivity contribution in [2.45, 2.75) is 46.2 Å². The number of hydrogen-bond donors (Lipinski definition) is 1. The number of carbonyl (C=O) groups is 3. The van der Waals surface area contributed by atoms with E-state index in [0.29, 0.717) is 17.7 Å². The van der Waals surface area contributed by atoms with Crippen molar-refractivity contribution in [3.8, 4) is 0 Å². The van der Waals surface area contributed by atoms with Crippen molar-refractivity contribution in [3.63, 3.8) is 0 Å². The van der Waals surface area contributed by atoms with Crippen molar-refractivity contribution in [1.29, 1.82) is 0 Å². The number of nitrogens with zero attached hydrogens (tertiary/aromatic N) is 2. The third kappa shape index (κ3) is 5.07. The lowest BCUT2D eigenvalue weighted by Gasteiger charge is -2.30. The van der Waals surface area contributed by atoms with Gasteiger partial charge < -0.3 is 5.32 Å². The summed E-state index contributed by atoms with van der Waals surface area (Å²) in [6, 6.07) is 13.6. The van der Waals surface area contributed by atoms with Gasteiger partial charge in [-0.3, -0.25) is 24.2 Å². The van der Waals surface area contributed by atoms with E-state index in [-0.39, 0.29) is 30.7 Å². The molecule has 2 aliphatic rings. The lowest BCUT2D eigenvalue weighted by atomic mass is 9.99. The lowest BCUT2D eigenvalue weighted by molar-refractivity contribution is -0.121. The number of aryl methyl sites for hydroxylation is 1. The zero-order chi connectivity index (χ0) is 22.7. The predicted octanol–water partition coefficient (Wildman–Crippen LogP) is 3.53. The van der Waals surface area contributed by atoms with E-state index in [1.165, 1.54) is 23.3 Å². The van der Waals surface area contributed by atoms with Crippen LogP contribution < -0.4 is 5.32 Å². The van der Waals surface area contributed by atoms with Crippen LogP contribution in [0.1, 0.15) is 63.6 Å². The lowest BCUT2D eigenvalue weighted by Crippen LogP contribution is -2.34. The molecule has 6 nitrogen and oxygen atoms in total. The highest BCUT2D eigenvalue weighted by Gasteiger charge is 2.35. The first kappa shape index (κ1) is 22.2. The summed E-state index contributed by atoms with van der Waals surface area (Å²) in [5, 5.41) is 2.89. The number of imide groups is 1. The highest BCUT2D eigenvalue weighted by atomic mass is 16.2. The van der Waals surface area contributed by atoms with Crippen molar-refractivity contribution < 1.29 is 14.4 Å². The maximum Gasteiger partial charge on any atom is 0.261 e. The summed E-state index contributed by atoms with van der Waals surface area (Å²) in [5.74, 6) is 0.0134. The summed E-state index contributed by atoms with van der Waals surface area (Å²) in [4.78, 5) is 40.9. The fourth-order valence-electron chi connectivity index (χ4n) is 4.35. The van der Waals surface area contributed by atoms with Gasteiger partial charge in [-0.25, -0.2) is 0 Å². The number of amides is 3. The van der Waals surface area contributed by atoms with Crippen molar-refractivity contribution in [2.24, 2.45) is 5.92 Å². The molecule has 168 valence electrons. The smallest absolute Gasteiger partial charge is 0.261 e. The molecule has 0 bridgehead atoms. The topological polar surface area (TPSA) is 69.7 Å². The number of hydrogen-bond acceptors (Lipinski definition) is 4. The van der Waals surface area contributed by atoms with E-state index in [1.54, 1.807) is 12.1 Å². The zero-order valence-electron chi connectivity index (χ0n) is 18.9. The van der Waals surface area contributed by atoms with Crippen LogP contribution in [0.25, 0.3) is 0 Å². The Kier molecular flexibility index (Phi) is 6.70. The molecule has 2 aliphatic heterocycles. The molecule has 0 atom stereocenters. The highest BCUT2D eigenvalue weighted by Crippen LogP contribution is 2.24. The second-order valence-corrected chi connectivity index (χ2v) is 9.11.